The second-order valence-electron chi connectivity index (χ2n) is 6.21. The maximum atomic E-state index is 11.8. The lowest BCUT2D eigenvalue weighted by Crippen LogP contribution is -2.23. The Bertz CT molecular complexity index is 834. The predicted molar refractivity (Wildman–Crippen MR) is 107 cm³/mol. The van der Waals surface area contributed by atoms with E-state index in [0.717, 1.165) is 29.9 Å². The first-order valence-corrected chi connectivity index (χ1v) is 8.79. The summed E-state index contributed by atoms with van der Waals surface area (Å²) in [5.74, 6) is 1.75. The van der Waals surface area contributed by atoms with Crippen molar-refractivity contribution in [3.05, 3.63) is 48.0 Å². The molecule has 0 radical (unpaired) electrons. The number of hydrogen-bond acceptors (Lipinski definition) is 4. The molecule has 0 bridgehead atoms. The van der Waals surface area contributed by atoms with Crippen molar-refractivity contribution in [1.29, 1.82) is 0 Å². The topological polar surface area (TPSA) is 89.2 Å². The summed E-state index contributed by atoms with van der Waals surface area (Å²) < 4.78 is 10.5. The third-order valence-electron chi connectivity index (χ3n) is 4.41. The number of guanidine groups is 1. The zero-order chi connectivity index (χ0) is 19.2. The Morgan fingerprint density at radius 1 is 1.15 bits per heavy atom. The van der Waals surface area contributed by atoms with E-state index in [1.54, 1.807) is 26.4 Å². The molecule has 0 unspecified atom stereocenters. The fraction of sp³-hybridized carbons (Fsp3) is 0.300. The molecule has 3 N–H and O–H groups in total. The highest BCUT2D eigenvalue weighted by Gasteiger charge is 2.21. The number of aliphatic imine (C=N–C) groups is 1. The second kappa shape index (κ2) is 8.44. The molecule has 142 valence electrons. The Balaban J connectivity index is 1.61. The van der Waals surface area contributed by atoms with Crippen molar-refractivity contribution in [1.82, 2.24) is 0 Å². The van der Waals surface area contributed by atoms with Crippen LogP contribution in [0.2, 0.25) is 0 Å². The molecule has 27 heavy (non-hydrogen) atoms. The third kappa shape index (κ3) is 4.49. The van der Waals surface area contributed by atoms with Gasteiger partial charge in [0.2, 0.25) is 5.91 Å². The Kier molecular flexibility index (Phi) is 5.80. The molecule has 0 spiro atoms. The van der Waals surface area contributed by atoms with E-state index >= 15 is 0 Å². The SMILES string of the molecule is COc1ccc(NC(N)=NCc2ccc(N3CCCC3=O)cc2)cc1OC. The van der Waals surface area contributed by atoms with Crippen molar-refractivity contribution in [2.24, 2.45) is 10.7 Å². The van der Waals surface area contributed by atoms with Gasteiger partial charge in [-0.2, -0.15) is 0 Å². The van der Waals surface area contributed by atoms with Crippen LogP contribution in [0.5, 0.6) is 11.5 Å². The predicted octanol–water partition coefficient (Wildman–Crippen LogP) is 2.76. The second-order valence-corrected chi connectivity index (χ2v) is 6.21. The minimum absolute atomic E-state index is 0.184. The highest BCUT2D eigenvalue weighted by atomic mass is 16.5. The van der Waals surface area contributed by atoms with Crippen LogP contribution in [0.1, 0.15) is 18.4 Å². The fourth-order valence-corrected chi connectivity index (χ4v) is 2.98. The number of amides is 1. The maximum absolute atomic E-state index is 11.8. The number of methoxy groups -OCH3 is 2. The van der Waals surface area contributed by atoms with Gasteiger partial charge in [-0.25, -0.2) is 4.99 Å². The highest BCUT2D eigenvalue weighted by Crippen LogP contribution is 2.29. The molecule has 0 saturated carbocycles. The van der Waals surface area contributed by atoms with Crippen molar-refractivity contribution >= 4 is 23.2 Å². The van der Waals surface area contributed by atoms with Gasteiger partial charge >= 0.3 is 0 Å². The van der Waals surface area contributed by atoms with Gasteiger partial charge in [-0.15, -0.1) is 0 Å². The van der Waals surface area contributed by atoms with Gasteiger partial charge in [0.15, 0.2) is 17.5 Å². The molecule has 1 fully saturated rings. The molecule has 2 aromatic carbocycles. The first-order valence-electron chi connectivity index (χ1n) is 8.79. The number of rotatable bonds is 6. The standard InChI is InChI=1S/C20H24N4O3/c1-26-17-10-7-15(12-18(17)27-2)23-20(21)22-13-14-5-8-16(9-6-14)24-11-3-4-19(24)25/h5-10,12H,3-4,11,13H2,1-2H3,(H3,21,22,23). The molecule has 0 atom stereocenters. The number of hydrogen-bond donors (Lipinski definition) is 2. The molecule has 3 rings (SSSR count). The summed E-state index contributed by atoms with van der Waals surface area (Å²) in [5.41, 5.74) is 8.69. The summed E-state index contributed by atoms with van der Waals surface area (Å²) >= 11 is 0. The van der Waals surface area contributed by atoms with Crippen LogP contribution in [-0.4, -0.2) is 32.6 Å². The number of nitrogens with one attached hydrogen (secondary N) is 1. The Morgan fingerprint density at radius 3 is 2.52 bits per heavy atom. The van der Waals surface area contributed by atoms with Crippen LogP contribution in [-0.2, 0) is 11.3 Å². The fourth-order valence-electron chi connectivity index (χ4n) is 2.98. The van der Waals surface area contributed by atoms with Crippen LogP contribution in [0.15, 0.2) is 47.5 Å². The Labute approximate surface area is 158 Å². The van der Waals surface area contributed by atoms with Gasteiger partial charge in [0, 0.05) is 30.4 Å². The Hall–Kier alpha value is -3.22. The quantitative estimate of drug-likeness (QED) is 0.604. The van der Waals surface area contributed by atoms with Crippen molar-refractivity contribution in [2.75, 3.05) is 31.0 Å². The van der Waals surface area contributed by atoms with Gasteiger partial charge in [0.25, 0.3) is 0 Å². The van der Waals surface area contributed by atoms with E-state index in [9.17, 15) is 4.79 Å². The van der Waals surface area contributed by atoms with E-state index in [0.29, 0.717) is 30.4 Å². The van der Waals surface area contributed by atoms with E-state index < -0.39 is 0 Å². The monoisotopic (exact) mass is 368 g/mol. The van der Waals surface area contributed by atoms with Crippen molar-refractivity contribution in [2.45, 2.75) is 19.4 Å². The van der Waals surface area contributed by atoms with Gasteiger partial charge in [-0.3, -0.25) is 4.79 Å². The molecule has 7 heteroatoms. The lowest BCUT2D eigenvalue weighted by atomic mass is 10.2. The molecular formula is C20H24N4O3. The average Bonchev–Trinajstić information content (AvgIpc) is 3.12. The molecule has 0 aromatic heterocycles. The van der Waals surface area contributed by atoms with Crippen LogP contribution in [0.25, 0.3) is 0 Å². The molecule has 0 aliphatic carbocycles. The van der Waals surface area contributed by atoms with E-state index in [2.05, 4.69) is 10.3 Å². The van der Waals surface area contributed by atoms with Gasteiger partial charge in [-0.1, -0.05) is 12.1 Å². The summed E-state index contributed by atoms with van der Waals surface area (Å²) in [6.07, 6.45) is 1.55. The summed E-state index contributed by atoms with van der Waals surface area (Å²) in [7, 11) is 3.17. The first-order chi connectivity index (χ1) is 13.1. The largest absolute Gasteiger partial charge is 0.493 e. The van der Waals surface area contributed by atoms with Crippen molar-refractivity contribution in [3.8, 4) is 11.5 Å². The number of carbonyl (C=O) groups excluding carboxylic acids is 1. The summed E-state index contributed by atoms with van der Waals surface area (Å²) in [6.45, 7) is 1.23. The van der Waals surface area contributed by atoms with E-state index in [1.165, 1.54) is 0 Å². The molecule has 1 aliphatic rings. The number of nitrogens with two attached hydrogens (primary N) is 1. The van der Waals surface area contributed by atoms with E-state index in [4.69, 9.17) is 15.2 Å². The summed E-state index contributed by atoms with van der Waals surface area (Å²) in [5, 5.41) is 3.04. The first kappa shape index (κ1) is 18.6. The molecule has 2 aromatic rings. The Morgan fingerprint density at radius 2 is 1.89 bits per heavy atom. The highest BCUT2D eigenvalue weighted by molar-refractivity contribution is 5.95. The molecule has 1 aliphatic heterocycles. The number of carbonyl (C=O) groups is 1. The number of anilines is 2. The van der Waals surface area contributed by atoms with Crippen LogP contribution in [0, 0.1) is 0 Å². The van der Waals surface area contributed by atoms with Crippen LogP contribution >= 0.6 is 0 Å². The number of ether oxygens (including phenoxy) is 2. The zero-order valence-electron chi connectivity index (χ0n) is 15.6. The minimum Gasteiger partial charge on any atom is -0.493 e. The third-order valence-corrected chi connectivity index (χ3v) is 4.41. The van der Waals surface area contributed by atoms with Crippen LogP contribution in [0.3, 0.4) is 0 Å². The van der Waals surface area contributed by atoms with Gasteiger partial charge in [0.1, 0.15) is 0 Å². The zero-order valence-corrected chi connectivity index (χ0v) is 15.6. The molecule has 1 amide bonds. The van der Waals surface area contributed by atoms with Gasteiger partial charge < -0.3 is 25.4 Å². The van der Waals surface area contributed by atoms with Gasteiger partial charge in [0.05, 0.1) is 20.8 Å². The molecule has 1 saturated heterocycles. The minimum atomic E-state index is 0.184. The number of benzene rings is 2. The normalized spacial score (nSPS) is 14.4. The smallest absolute Gasteiger partial charge is 0.227 e. The lowest BCUT2D eigenvalue weighted by Gasteiger charge is -2.15. The van der Waals surface area contributed by atoms with Gasteiger partial charge in [-0.05, 0) is 36.2 Å². The summed E-state index contributed by atoms with van der Waals surface area (Å²) in [6, 6.07) is 13.3. The molecular weight excluding hydrogens is 344 g/mol. The number of nitrogens with zero attached hydrogens (tertiary/aromatic N) is 2. The maximum Gasteiger partial charge on any atom is 0.227 e. The van der Waals surface area contributed by atoms with E-state index in [1.807, 2.05) is 35.2 Å². The van der Waals surface area contributed by atoms with E-state index in [-0.39, 0.29) is 5.91 Å². The average molecular weight is 368 g/mol. The molecule has 1 heterocycles. The van der Waals surface area contributed by atoms with Crippen LogP contribution in [0.4, 0.5) is 11.4 Å². The van der Waals surface area contributed by atoms with Crippen molar-refractivity contribution < 1.29 is 14.3 Å². The van der Waals surface area contributed by atoms with Crippen molar-refractivity contribution in [3.63, 3.8) is 0 Å². The summed E-state index contributed by atoms with van der Waals surface area (Å²) in [4.78, 5) is 18.0. The lowest BCUT2D eigenvalue weighted by molar-refractivity contribution is -0.117. The van der Waals surface area contributed by atoms with Crippen LogP contribution < -0.4 is 25.4 Å². The molecule has 7 nitrogen and oxygen atoms in total.